The number of halogens is 1. The van der Waals surface area contributed by atoms with Gasteiger partial charge in [0.05, 0.1) is 0 Å². The number of rotatable bonds is 4. The number of benzene rings is 2. The van der Waals surface area contributed by atoms with Crippen molar-refractivity contribution in [3.05, 3.63) is 69.5 Å². The van der Waals surface area contributed by atoms with Crippen LogP contribution >= 0.6 is 11.6 Å². The van der Waals surface area contributed by atoms with E-state index in [2.05, 4.69) is 0 Å². The van der Waals surface area contributed by atoms with Crippen LogP contribution in [0.5, 0.6) is 11.5 Å². The summed E-state index contributed by atoms with van der Waals surface area (Å²) in [6.07, 6.45) is -0.818. The van der Waals surface area contributed by atoms with Crippen LogP contribution in [0.3, 0.4) is 0 Å². The van der Waals surface area contributed by atoms with Gasteiger partial charge in [0.25, 0.3) is 0 Å². The van der Waals surface area contributed by atoms with Crippen LogP contribution in [-0.2, 0) is 4.79 Å². The lowest BCUT2D eigenvalue weighted by molar-refractivity contribution is -0.141. The maximum Gasteiger partial charge on any atom is 0.352 e. The number of hydrogen-bond acceptors (Lipinski definition) is 5. The third-order valence-electron chi connectivity index (χ3n) is 3.60. The Hall–Kier alpha value is -2.79. The van der Waals surface area contributed by atoms with Crippen LogP contribution in [0.25, 0.3) is 11.0 Å². The molecule has 1 atom stereocenters. The van der Waals surface area contributed by atoms with Gasteiger partial charge in [0.1, 0.15) is 17.1 Å². The molecule has 0 saturated carbocycles. The van der Waals surface area contributed by atoms with Gasteiger partial charge < -0.3 is 13.9 Å². The molecule has 6 heteroatoms. The third kappa shape index (κ3) is 4.00. The Morgan fingerprint density at radius 1 is 1.08 bits per heavy atom. The Morgan fingerprint density at radius 2 is 1.76 bits per heavy atom. The molecule has 5 nitrogen and oxygen atoms in total. The smallest absolute Gasteiger partial charge is 0.352 e. The molecule has 0 radical (unpaired) electrons. The lowest BCUT2D eigenvalue weighted by Gasteiger charge is -2.14. The van der Waals surface area contributed by atoms with Crippen molar-refractivity contribution < 1.29 is 18.7 Å². The first-order valence-electron chi connectivity index (χ1n) is 7.61. The Labute approximate surface area is 148 Å². The highest BCUT2D eigenvalue weighted by atomic mass is 35.5. The normalized spacial score (nSPS) is 12.0. The first-order chi connectivity index (χ1) is 11.9. The van der Waals surface area contributed by atoms with E-state index in [9.17, 15) is 9.59 Å². The number of fused-ring (bicyclic) bond motifs is 1. The minimum atomic E-state index is -0.818. The number of carbonyl (C=O) groups excluding carboxylic acids is 1. The summed E-state index contributed by atoms with van der Waals surface area (Å²) in [6, 6.07) is 13.0. The molecule has 0 N–H and O–H groups in total. The molecule has 1 aromatic heterocycles. The standard InChI is InChI=1S/C19H15ClO5/c1-11-9-18(21)25-17-10-15(7-8-16(11)17)24-19(22)12(2)23-14-5-3-13(20)4-6-14/h3-10,12H,1-2H3/t12-/m0/s1. The summed E-state index contributed by atoms with van der Waals surface area (Å²) in [6.45, 7) is 3.40. The van der Waals surface area contributed by atoms with Crippen molar-refractivity contribution in [1.82, 2.24) is 0 Å². The third-order valence-corrected chi connectivity index (χ3v) is 3.85. The van der Waals surface area contributed by atoms with Crippen molar-refractivity contribution in [3.63, 3.8) is 0 Å². The molecular formula is C19H15ClO5. The van der Waals surface area contributed by atoms with Crippen molar-refractivity contribution in [3.8, 4) is 11.5 Å². The van der Waals surface area contributed by atoms with E-state index in [1.54, 1.807) is 43.3 Å². The Balaban J connectivity index is 1.74. The van der Waals surface area contributed by atoms with Crippen molar-refractivity contribution in [2.45, 2.75) is 20.0 Å². The average Bonchev–Trinajstić information content (AvgIpc) is 2.56. The van der Waals surface area contributed by atoms with Gasteiger partial charge in [-0.25, -0.2) is 9.59 Å². The van der Waals surface area contributed by atoms with Crippen LogP contribution in [0.15, 0.2) is 57.7 Å². The van der Waals surface area contributed by atoms with Gasteiger partial charge in [0.15, 0.2) is 6.10 Å². The van der Waals surface area contributed by atoms with Crippen LogP contribution in [0.2, 0.25) is 5.02 Å². The molecular weight excluding hydrogens is 344 g/mol. The van der Waals surface area contributed by atoms with E-state index in [0.717, 1.165) is 10.9 Å². The molecule has 0 amide bonds. The summed E-state index contributed by atoms with van der Waals surface area (Å²) >= 11 is 5.81. The van der Waals surface area contributed by atoms with Crippen LogP contribution in [0.4, 0.5) is 0 Å². The molecule has 0 fully saturated rings. The average molecular weight is 359 g/mol. The number of aryl methyl sites for hydroxylation is 1. The van der Waals surface area contributed by atoms with Gasteiger partial charge in [0.2, 0.25) is 0 Å². The first kappa shape index (κ1) is 17.0. The highest BCUT2D eigenvalue weighted by molar-refractivity contribution is 6.30. The lowest BCUT2D eigenvalue weighted by atomic mass is 10.1. The quantitative estimate of drug-likeness (QED) is 0.398. The second-order valence-corrected chi connectivity index (χ2v) is 5.98. The van der Waals surface area contributed by atoms with Crippen molar-refractivity contribution >= 4 is 28.5 Å². The molecule has 0 saturated heterocycles. The first-order valence-corrected chi connectivity index (χ1v) is 7.98. The lowest BCUT2D eigenvalue weighted by Crippen LogP contribution is -2.28. The summed E-state index contributed by atoms with van der Waals surface area (Å²) in [4.78, 5) is 23.7. The molecule has 2 aromatic carbocycles. The Bertz CT molecular complexity index is 975. The molecule has 3 aromatic rings. The van der Waals surface area contributed by atoms with Gasteiger partial charge in [-0.1, -0.05) is 11.6 Å². The zero-order valence-electron chi connectivity index (χ0n) is 13.6. The number of carbonyl (C=O) groups is 1. The van der Waals surface area contributed by atoms with Crippen LogP contribution in [0, 0.1) is 6.92 Å². The van der Waals surface area contributed by atoms with Crippen LogP contribution in [0.1, 0.15) is 12.5 Å². The second-order valence-electron chi connectivity index (χ2n) is 5.54. The zero-order chi connectivity index (χ0) is 18.0. The predicted octanol–water partition coefficient (Wildman–Crippen LogP) is 4.13. The Kier molecular flexibility index (Phi) is 4.76. The molecule has 3 rings (SSSR count). The molecule has 0 aliphatic rings. The molecule has 0 aliphatic heterocycles. The number of ether oxygens (including phenoxy) is 2. The zero-order valence-corrected chi connectivity index (χ0v) is 14.4. The van der Waals surface area contributed by atoms with Crippen LogP contribution < -0.4 is 15.1 Å². The molecule has 0 unspecified atom stereocenters. The second kappa shape index (κ2) is 6.99. The summed E-state index contributed by atoms with van der Waals surface area (Å²) in [5, 5.41) is 1.36. The molecule has 0 spiro atoms. The van der Waals surface area contributed by atoms with E-state index in [4.69, 9.17) is 25.5 Å². The summed E-state index contributed by atoms with van der Waals surface area (Å²) in [5.74, 6) is 0.219. The number of esters is 1. The summed E-state index contributed by atoms with van der Waals surface area (Å²) < 4.78 is 16.0. The topological polar surface area (TPSA) is 65.7 Å². The van der Waals surface area contributed by atoms with Crippen molar-refractivity contribution in [1.29, 1.82) is 0 Å². The van der Waals surface area contributed by atoms with Gasteiger partial charge in [-0.05, 0) is 55.8 Å². The molecule has 0 bridgehead atoms. The van der Waals surface area contributed by atoms with Gasteiger partial charge in [-0.3, -0.25) is 0 Å². The number of hydrogen-bond donors (Lipinski definition) is 0. The van der Waals surface area contributed by atoms with E-state index in [-0.39, 0.29) is 5.75 Å². The van der Waals surface area contributed by atoms with Gasteiger partial charge in [-0.2, -0.15) is 0 Å². The SMILES string of the molecule is Cc1cc(=O)oc2cc(OC(=O)[C@H](C)Oc3ccc(Cl)cc3)ccc12. The Morgan fingerprint density at radius 3 is 2.48 bits per heavy atom. The summed E-state index contributed by atoms with van der Waals surface area (Å²) in [5.41, 5.74) is 0.707. The highest BCUT2D eigenvalue weighted by Gasteiger charge is 2.18. The van der Waals surface area contributed by atoms with E-state index < -0.39 is 17.7 Å². The fourth-order valence-corrected chi connectivity index (χ4v) is 2.46. The van der Waals surface area contributed by atoms with Gasteiger partial charge in [-0.15, -0.1) is 0 Å². The predicted molar refractivity (Wildman–Crippen MR) is 94.4 cm³/mol. The molecule has 0 aliphatic carbocycles. The van der Waals surface area contributed by atoms with E-state index in [1.165, 1.54) is 12.1 Å². The van der Waals surface area contributed by atoms with E-state index >= 15 is 0 Å². The van der Waals surface area contributed by atoms with E-state index in [1.807, 2.05) is 6.92 Å². The summed E-state index contributed by atoms with van der Waals surface area (Å²) in [7, 11) is 0. The van der Waals surface area contributed by atoms with Crippen LogP contribution in [-0.4, -0.2) is 12.1 Å². The van der Waals surface area contributed by atoms with Crippen molar-refractivity contribution in [2.75, 3.05) is 0 Å². The van der Waals surface area contributed by atoms with Crippen molar-refractivity contribution in [2.24, 2.45) is 0 Å². The fraction of sp³-hybridized carbons (Fsp3) is 0.158. The van der Waals surface area contributed by atoms with Gasteiger partial charge >= 0.3 is 11.6 Å². The monoisotopic (exact) mass is 358 g/mol. The maximum absolute atomic E-state index is 12.2. The molecule has 1 heterocycles. The highest BCUT2D eigenvalue weighted by Crippen LogP contribution is 2.23. The minimum absolute atomic E-state index is 0.276. The maximum atomic E-state index is 12.2. The molecule has 25 heavy (non-hydrogen) atoms. The molecule has 128 valence electrons. The van der Waals surface area contributed by atoms with Gasteiger partial charge in [0, 0.05) is 22.5 Å². The fourth-order valence-electron chi connectivity index (χ4n) is 2.33. The van der Waals surface area contributed by atoms with E-state index in [0.29, 0.717) is 16.4 Å². The largest absolute Gasteiger partial charge is 0.479 e. The minimum Gasteiger partial charge on any atom is -0.479 e.